The minimum absolute atomic E-state index is 0.577. The smallest absolute Gasteiger partial charge is 0.138 e. The highest BCUT2D eigenvalue weighted by atomic mass is 15.3. The van der Waals surface area contributed by atoms with Crippen LogP contribution in [0, 0.1) is 29.6 Å². The molecule has 4 fully saturated rings. The average Bonchev–Trinajstić information content (AvgIpc) is 2.81. The summed E-state index contributed by atoms with van der Waals surface area (Å²) in [6.45, 7) is 0. The molecular formula is C16H26N4. The summed E-state index contributed by atoms with van der Waals surface area (Å²) in [6, 6.07) is 0.577. The highest BCUT2D eigenvalue weighted by Crippen LogP contribution is 2.57. The molecule has 0 aromatic carbocycles. The number of rotatable bonds is 4. The van der Waals surface area contributed by atoms with Gasteiger partial charge in [-0.3, -0.25) is 4.68 Å². The molecular weight excluding hydrogens is 248 g/mol. The lowest BCUT2D eigenvalue weighted by atomic mass is 9.50. The van der Waals surface area contributed by atoms with E-state index in [-0.39, 0.29) is 0 Å². The highest BCUT2D eigenvalue weighted by Gasteiger charge is 2.50. The van der Waals surface area contributed by atoms with E-state index in [0.29, 0.717) is 6.04 Å². The number of likely N-dealkylation sites (N-methyl/N-ethyl adjacent to an activating group) is 1. The summed E-state index contributed by atoms with van der Waals surface area (Å²) in [7, 11) is 4.14. The molecule has 0 spiro atoms. The number of aromatic nitrogens is 3. The second-order valence-corrected chi connectivity index (χ2v) is 7.41. The van der Waals surface area contributed by atoms with Crippen LogP contribution in [-0.4, -0.2) is 27.9 Å². The predicted molar refractivity (Wildman–Crippen MR) is 78.1 cm³/mol. The van der Waals surface area contributed by atoms with Crippen LogP contribution in [0.15, 0.2) is 6.33 Å². The topological polar surface area (TPSA) is 42.7 Å². The molecule has 0 amide bonds. The lowest BCUT2D eigenvalue weighted by Gasteiger charge is -2.56. The third-order valence-corrected chi connectivity index (χ3v) is 6.34. The molecule has 4 nitrogen and oxygen atoms in total. The number of nitrogens with zero attached hydrogens (tertiary/aromatic N) is 3. The first-order chi connectivity index (χ1) is 9.74. The Bertz CT molecular complexity index is 453. The van der Waals surface area contributed by atoms with Crippen LogP contribution < -0.4 is 5.32 Å². The van der Waals surface area contributed by atoms with Gasteiger partial charge < -0.3 is 5.32 Å². The fraction of sp³-hybridized carbons (Fsp3) is 0.875. The zero-order valence-corrected chi connectivity index (χ0v) is 12.6. The molecule has 1 N–H and O–H groups in total. The maximum atomic E-state index is 4.43. The quantitative estimate of drug-likeness (QED) is 0.913. The molecule has 4 bridgehead atoms. The third-order valence-electron chi connectivity index (χ3n) is 6.34. The molecule has 1 atom stereocenters. The van der Waals surface area contributed by atoms with E-state index in [0.717, 1.165) is 41.8 Å². The van der Waals surface area contributed by atoms with E-state index in [2.05, 4.69) is 22.4 Å². The zero-order valence-electron chi connectivity index (χ0n) is 12.6. The maximum absolute atomic E-state index is 4.43. The Morgan fingerprint density at radius 3 is 2.35 bits per heavy atom. The average molecular weight is 274 g/mol. The molecule has 0 saturated heterocycles. The molecule has 1 heterocycles. The van der Waals surface area contributed by atoms with Gasteiger partial charge in [-0.15, -0.1) is 0 Å². The van der Waals surface area contributed by atoms with Crippen molar-refractivity contribution in [2.45, 2.75) is 44.6 Å². The fourth-order valence-corrected chi connectivity index (χ4v) is 5.76. The Morgan fingerprint density at radius 2 is 1.85 bits per heavy atom. The van der Waals surface area contributed by atoms with E-state index in [1.807, 2.05) is 11.7 Å². The van der Waals surface area contributed by atoms with Crippen LogP contribution in [-0.2, 0) is 13.5 Å². The molecule has 4 saturated carbocycles. The Hall–Kier alpha value is -0.900. The van der Waals surface area contributed by atoms with Crippen LogP contribution in [0.5, 0.6) is 0 Å². The van der Waals surface area contributed by atoms with Gasteiger partial charge >= 0.3 is 0 Å². The van der Waals surface area contributed by atoms with E-state index in [1.54, 1.807) is 6.33 Å². The minimum atomic E-state index is 0.577. The van der Waals surface area contributed by atoms with E-state index < -0.39 is 0 Å². The monoisotopic (exact) mass is 274 g/mol. The summed E-state index contributed by atoms with van der Waals surface area (Å²) in [5, 5.41) is 7.83. The first-order valence-corrected chi connectivity index (χ1v) is 8.24. The lowest BCUT2D eigenvalue weighted by Crippen LogP contribution is -2.53. The molecule has 1 unspecified atom stereocenters. The SMILES string of the molecule is CNC(Cc1ncnn1C)C1C2CC3CC(C2)CC1C3. The summed E-state index contributed by atoms with van der Waals surface area (Å²) in [4.78, 5) is 4.43. The molecule has 20 heavy (non-hydrogen) atoms. The van der Waals surface area contributed by atoms with Crippen molar-refractivity contribution in [1.82, 2.24) is 20.1 Å². The lowest BCUT2D eigenvalue weighted by molar-refractivity contribution is -0.0510. The fourth-order valence-electron chi connectivity index (χ4n) is 5.76. The standard InChI is InChI=1S/C16H26N4/c1-17-14(8-15-18-9-19-20(15)2)16-12-4-10-3-11(6-12)7-13(16)5-10/h9-14,16-17H,3-8H2,1-2H3. The molecule has 4 aliphatic carbocycles. The zero-order chi connectivity index (χ0) is 13.7. The van der Waals surface area contributed by atoms with Gasteiger partial charge in [0.05, 0.1) is 0 Å². The number of hydrogen-bond acceptors (Lipinski definition) is 3. The summed E-state index contributed by atoms with van der Waals surface area (Å²) >= 11 is 0. The van der Waals surface area contributed by atoms with E-state index >= 15 is 0 Å². The number of hydrogen-bond donors (Lipinski definition) is 1. The molecule has 5 rings (SSSR count). The number of aryl methyl sites for hydroxylation is 1. The van der Waals surface area contributed by atoms with Crippen molar-refractivity contribution in [3.8, 4) is 0 Å². The molecule has 0 aliphatic heterocycles. The molecule has 4 aliphatic rings. The largest absolute Gasteiger partial charge is 0.316 e. The Morgan fingerprint density at radius 1 is 1.20 bits per heavy atom. The van der Waals surface area contributed by atoms with Crippen molar-refractivity contribution in [2.75, 3.05) is 7.05 Å². The van der Waals surface area contributed by atoms with E-state index in [1.165, 1.54) is 32.1 Å². The van der Waals surface area contributed by atoms with Crippen molar-refractivity contribution in [3.63, 3.8) is 0 Å². The van der Waals surface area contributed by atoms with Gasteiger partial charge in [0.1, 0.15) is 12.2 Å². The summed E-state index contributed by atoms with van der Waals surface area (Å²) in [5.41, 5.74) is 0. The Balaban J connectivity index is 1.54. The normalized spacial score (nSPS) is 40.2. The molecule has 4 heteroatoms. The van der Waals surface area contributed by atoms with Crippen LogP contribution in [0.3, 0.4) is 0 Å². The van der Waals surface area contributed by atoms with Gasteiger partial charge in [-0.2, -0.15) is 5.10 Å². The highest BCUT2D eigenvalue weighted by molar-refractivity contribution is 5.03. The molecule has 0 radical (unpaired) electrons. The van der Waals surface area contributed by atoms with Crippen LogP contribution in [0.2, 0.25) is 0 Å². The van der Waals surface area contributed by atoms with Gasteiger partial charge in [0.15, 0.2) is 0 Å². The van der Waals surface area contributed by atoms with Gasteiger partial charge in [0.25, 0.3) is 0 Å². The first-order valence-electron chi connectivity index (χ1n) is 8.24. The van der Waals surface area contributed by atoms with Crippen LogP contribution in [0.25, 0.3) is 0 Å². The van der Waals surface area contributed by atoms with Crippen molar-refractivity contribution in [1.29, 1.82) is 0 Å². The van der Waals surface area contributed by atoms with E-state index in [9.17, 15) is 0 Å². The predicted octanol–water partition coefficient (Wildman–Crippen LogP) is 2.02. The first kappa shape index (κ1) is 12.8. The van der Waals surface area contributed by atoms with Crippen LogP contribution in [0.4, 0.5) is 0 Å². The van der Waals surface area contributed by atoms with Crippen molar-refractivity contribution < 1.29 is 0 Å². The third kappa shape index (κ3) is 2.00. The molecule has 1 aromatic heterocycles. The Labute approximate surface area is 121 Å². The van der Waals surface area contributed by atoms with Gasteiger partial charge in [-0.1, -0.05) is 0 Å². The van der Waals surface area contributed by atoms with Gasteiger partial charge in [0.2, 0.25) is 0 Å². The molecule has 110 valence electrons. The van der Waals surface area contributed by atoms with Gasteiger partial charge in [-0.05, 0) is 68.7 Å². The molecule has 1 aromatic rings. The number of nitrogens with one attached hydrogen (secondary N) is 1. The summed E-state index contributed by atoms with van der Waals surface area (Å²) < 4.78 is 1.93. The van der Waals surface area contributed by atoms with Crippen LogP contribution >= 0.6 is 0 Å². The Kier molecular flexibility index (Phi) is 3.09. The second-order valence-electron chi connectivity index (χ2n) is 7.41. The van der Waals surface area contributed by atoms with E-state index in [4.69, 9.17) is 0 Å². The van der Waals surface area contributed by atoms with Crippen LogP contribution in [0.1, 0.15) is 37.9 Å². The van der Waals surface area contributed by atoms with Gasteiger partial charge in [-0.25, -0.2) is 4.98 Å². The maximum Gasteiger partial charge on any atom is 0.138 e. The summed E-state index contributed by atoms with van der Waals surface area (Å²) in [6.07, 6.45) is 10.2. The summed E-state index contributed by atoms with van der Waals surface area (Å²) in [5.74, 6) is 6.04. The van der Waals surface area contributed by atoms with Gasteiger partial charge in [0, 0.05) is 19.5 Å². The van der Waals surface area contributed by atoms with Crippen molar-refractivity contribution >= 4 is 0 Å². The van der Waals surface area contributed by atoms with Crippen molar-refractivity contribution in [3.05, 3.63) is 12.2 Å². The minimum Gasteiger partial charge on any atom is -0.316 e. The van der Waals surface area contributed by atoms with Crippen molar-refractivity contribution in [2.24, 2.45) is 36.6 Å². The second kappa shape index (κ2) is 4.83.